The van der Waals surface area contributed by atoms with Gasteiger partial charge in [0, 0.05) is 5.69 Å². The third-order valence-electron chi connectivity index (χ3n) is 2.68. The Kier molecular flexibility index (Phi) is 4.46. The Bertz CT molecular complexity index is 737. The number of amides is 1. The number of hydrogen-bond donors (Lipinski definition) is 3. The lowest BCUT2D eigenvalue weighted by Crippen LogP contribution is -2.14. The lowest BCUT2D eigenvalue weighted by molar-refractivity contribution is 0.100. The molecule has 1 amide bonds. The van der Waals surface area contributed by atoms with E-state index in [1.807, 2.05) is 0 Å². The van der Waals surface area contributed by atoms with Crippen LogP contribution in [0, 0.1) is 5.82 Å². The van der Waals surface area contributed by atoms with E-state index in [-0.39, 0.29) is 32.0 Å². The summed E-state index contributed by atoms with van der Waals surface area (Å²) in [4.78, 5) is 11.2. The Morgan fingerprint density at radius 3 is 2.24 bits per heavy atom. The van der Waals surface area contributed by atoms with E-state index in [0.717, 1.165) is 6.07 Å². The maximum Gasteiger partial charge on any atom is 0.250 e. The van der Waals surface area contributed by atoms with Crippen molar-refractivity contribution in [3.05, 3.63) is 50.7 Å². The average Bonchev–Trinajstić information content (AvgIpc) is 2.38. The Labute approximate surface area is 134 Å². The second kappa shape index (κ2) is 5.97. The van der Waals surface area contributed by atoms with Crippen molar-refractivity contribution in [2.75, 3.05) is 11.1 Å². The molecule has 0 saturated carbocycles. The van der Waals surface area contributed by atoms with Crippen molar-refractivity contribution < 1.29 is 9.18 Å². The summed E-state index contributed by atoms with van der Waals surface area (Å²) in [5, 5.41) is 3.47. The van der Waals surface area contributed by atoms with Crippen LogP contribution in [-0.4, -0.2) is 5.91 Å². The molecular weight excluding hydrogens is 340 g/mol. The molecular formula is C13H9Cl3FN3O. The third kappa shape index (κ3) is 3.32. The molecule has 0 aliphatic heterocycles. The maximum absolute atomic E-state index is 13.9. The molecule has 0 fully saturated rings. The summed E-state index contributed by atoms with van der Waals surface area (Å²) in [6.45, 7) is 0. The summed E-state index contributed by atoms with van der Waals surface area (Å²) in [5.41, 5.74) is 10.9. The van der Waals surface area contributed by atoms with E-state index in [2.05, 4.69) is 5.32 Å². The normalized spacial score (nSPS) is 10.5. The standard InChI is InChI=1S/C13H9Cl3FN3O/c14-6-2-8(16)11(3-7(6)15)20-12-1-5(13(19)21)10(18)4-9(12)17/h1-4,20H,18H2,(H2,19,21). The van der Waals surface area contributed by atoms with Crippen LogP contribution in [0.5, 0.6) is 0 Å². The van der Waals surface area contributed by atoms with Gasteiger partial charge in [0.05, 0.1) is 32.0 Å². The van der Waals surface area contributed by atoms with Crippen molar-refractivity contribution in [3.63, 3.8) is 0 Å². The van der Waals surface area contributed by atoms with Crippen molar-refractivity contribution in [1.82, 2.24) is 0 Å². The zero-order chi connectivity index (χ0) is 15.7. The Hall–Kier alpha value is -1.69. The molecule has 4 nitrogen and oxygen atoms in total. The van der Waals surface area contributed by atoms with Crippen LogP contribution in [0.15, 0.2) is 24.3 Å². The highest BCUT2D eigenvalue weighted by Gasteiger charge is 2.14. The van der Waals surface area contributed by atoms with Crippen molar-refractivity contribution in [3.8, 4) is 0 Å². The van der Waals surface area contributed by atoms with Gasteiger partial charge in [-0.25, -0.2) is 4.39 Å². The van der Waals surface area contributed by atoms with Crippen LogP contribution in [-0.2, 0) is 0 Å². The SMILES string of the molecule is NC(=O)c1cc(Nc2cc(Cl)c(Cl)cc2Cl)c(F)cc1N. The molecule has 2 aromatic carbocycles. The second-order valence-corrected chi connectivity index (χ2v) is 5.38. The Morgan fingerprint density at radius 2 is 1.62 bits per heavy atom. The zero-order valence-electron chi connectivity index (χ0n) is 10.4. The number of halogens is 4. The van der Waals surface area contributed by atoms with Gasteiger partial charge in [0.1, 0.15) is 5.82 Å². The first-order chi connectivity index (χ1) is 9.79. The number of nitrogens with one attached hydrogen (secondary N) is 1. The highest BCUT2D eigenvalue weighted by molar-refractivity contribution is 6.44. The predicted molar refractivity (Wildman–Crippen MR) is 84.1 cm³/mol. The number of nitrogens with two attached hydrogens (primary N) is 2. The average molecular weight is 349 g/mol. The maximum atomic E-state index is 13.9. The van der Waals surface area contributed by atoms with Gasteiger partial charge < -0.3 is 16.8 Å². The Morgan fingerprint density at radius 1 is 1.00 bits per heavy atom. The van der Waals surface area contributed by atoms with Crippen LogP contribution in [0.1, 0.15) is 10.4 Å². The number of primary amides is 1. The van der Waals surface area contributed by atoms with E-state index in [9.17, 15) is 9.18 Å². The number of benzene rings is 2. The van der Waals surface area contributed by atoms with E-state index < -0.39 is 11.7 Å². The van der Waals surface area contributed by atoms with Gasteiger partial charge in [-0.1, -0.05) is 34.8 Å². The van der Waals surface area contributed by atoms with Gasteiger partial charge >= 0.3 is 0 Å². The molecule has 0 radical (unpaired) electrons. The predicted octanol–water partition coefficient (Wildman–Crippen LogP) is 4.21. The van der Waals surface area contributed by atoms with Crippen LogP contribution in [0.2, 0.25) is 15.1 Å². The number of nitrogen functional groups attached to an aromatic ring is 1. The molecule has 0 aromatic heterocycles. The quantitative estimate of drug-likeness (QED) is 0.574. The number of carbonyl (C=O) groups is 1. The molecule has 0 atom stereocenters. The van der Waals surface area contributed by atoms with Crippen LogP contribution >= 0.6 is 34.8 Å². The van der Waals surface area contributed by atoms with Crippen LogP contribution in [0.3, 0.4) is 0 Å². The molecule has 0 spiro atoms. The van der Waals surface area contributed by atoms with Gasteiger partial charge in [-0.3, -0.25) is 4.79 Å². The topological polar surface area (TPSA) is 81.1 Å². The lowest BCUT2D eigenvalue weighted by Gasteiger charge is -2.12. The molecule has 2 rings (SSSR count). The summed E-state index contributed by atoms with van der Waals surface area (Å²) >= 11 is 17.7. The van der Waals surface area contributed by atoms with E-state index in [0.29, 0.717) is 5.69 Å². The van der Waals surface area contributed by atoms with E-state index in [1.54, 1.807) is 0 Å². The van der Waals surface area contributed by atoms with Crippen molar-refractivity contribution in [2.24, 2.45) is 5.73 Å². The molecule has 8 heteroatoms. The van der Waals surface area contributed by atoms with Gasteiger partial charge in [0.2, 0.25) is 0 Å². The largest absolute Gasteiger partial charge is 0.398 e. The van der Waals surface area contributed by atoms with Crippen LogP contribution < -0.4 is 16.8 Å². The molecule has 0 aliphatic carbocycles. The summed E-state index contributed by atoms with van der Waals surface area (Å²) in [5.74, 6) is -1.43. The van der Waals surface area contributed by atoms with E-state index >= 15 is 0 Å². The number of anilines is 3. The van der Waals surface area contributed by atoms with Gasteiger partial charge in [-0.2, -0.15) is 0 Å². The van der Waals surface area contributed by atoms with Gasteiger partial charge in [0.15, 0.2) is 0 Å². The first-order valence-corrected chi connectivity index (χ1v) is 6.73. The zero-order valence-corrected chi connectivity index (χ0v) is 12.7. The highest BCUT2D eigenvalue weighted by Crippen LogP contribution is 2.35. The fourth-order valence-corrected chi connectivity index (χ4v) is 2.26. The minimum absolute atomic E-state index is 0.00455. The molecule has 5 N–H and O–H groups in total. The van der Waals surface area contributed by atoms with Crippen LogP contribution in [0.4, 0.5) is 21.5 Å². The van der Waals surface area contributed by atoms with Gasteiger partial charge in [-0.15, -0.1) is 0 Å². The fourth-order valence-electron chi connectivity index (χ4n) is 1.66. The summed E-state index contributed by atoms with van der Waals surface area (Å²) in [6, 6.07) is 5.05. The minimum Gasteiger partial charge on any atom is -0.398 e. The third-order valence-corrected chi connectivity index (χ3v) is 3.72. The van der Waals surface area contributed by atoms with Crippen LogP contribution in [0.25, 0.3) is 0 Å². The Balaban J connectivity index is 2.47. The highest BCUT2D eigenvalue weighted by atomic mass is 35.5. The first-order valence-electron chi connectivity index (χ1n) is 5.60. The summed E-state index contributed by atoms with van der Waals surface area (Å²) < 4.78 is 13.9. The summed E-state index contributed by atoms with van der Waals surface area (Å²) in [6.07, 6.45) is 0. The molecule has 2 aromatic rings. The fraction of sp³-hybridized carbons (Fsp3) is 0. The first kappa shape index (κ1) is 15.7. The number of hydrogen-bond acceptors (Lipinski definition) is 3. The van der Waals surface area contributed by atoms with E-state index in [4.69, 9.17) is 46.3 Å². The smallest absolute Gasteiger partial charge is 0.250 e. The molecule has 0 heterocycles. The lowest BCUT2D eigenvalue weighted by atomic mass is 10.1. The monoisotopic (exact) mass is 347 g/mol. The second-order valence-electron chi connectivity index (χ2n) is 4.15. The van der Waals surface area contributed by atoms with Gasteiger partial charge in [0.25, 0.3) is 5.91 Å². The summed E-state index contributed by atoms with van der Waals surface area (Å²) in [7, 11) is 0. The molecule has 110 valence electrons. The molecule has 0 aliphatic rings. The van der Waals surface area contributed by atoms with Crippen molar-refractivity contribution in [2.45, 2.75) is 0 Å². The number of rotatable bonds is 3. The minimum atomic E-state index is -0.768. The molecule has 21 heavy (non-hydrogen) atoms. The number of carbonyl (C=O) groups excluding carboxylic acids is 1. The molecule has 0 bridgehead atoms. The van der Waals surface area contributed by atoms with E-state index in [1.165, 1.54) is 18.2 Å². The van der Waals surface area contributed by atoms with Gasteiger partial charge in [-0.05, 0) is 24.3 Å². The van der Waals surface area contributed by atoms with Crippen molar-refractivity contribution >= 4 is 57.8 Å². The molecule has 0 saturated heterocycles. The molecule has 0 unspecified atom stereocenters. The van der Waals surface area contributed by atoms with Crippen molar-refractivity contribution in [1.29, 1.82) is 0 Å².